The molecule has 21 heavy (non-hydrogen) atoms. The number of aryl methyl sites for hydroxylation is 1. The summed E-state index contributed by atoms with van der Waals surface area (Å²) in [5, 5.41) is 7.33. The van der Waals surface area contributed by atoms with E-state index in [2.05, 4.69) is 33.6 Å². The molecule has 0 fully saturated rings. The molecule has 1 aliphatic rings. The lowest BCUT2D eigenvalue weighted by molar-refractivity contribution is 0.593. The maximum atomic E-state index is 5.23. The molecule has 4 N–H and O–H groups in total. The highest BCUT2D eigenvalue weighted by molar-refractivity contribution is 7.80. The quantitative estimate of drug-likeness (QED) is 0.382. The number of allylic oxidation sites excluding steroid dienone is 1. The molecule has 112 valence electrons. The van der Waals surface area contributed by atoms with Crippen molar-refractivity contribution in [2.75, 3.05) is 5.32 Å². The number of hydrogen-bond donors (Lipinski definition) is 4. The molecule has 0 unspecified atom stereocenters. The van der Waals surface area contributed by atoms with E-state index in [0.29, 0.717) is 16.3 Å². The zero-order valence-corrected chi connectivity index (χ0v) is 13.6. The second kappa shape index (κ2) is 7.95. The molecule has 0 saturated heterocycles. The Labute approximate surface area is 136 Å². The molecule has 0 amide bonds. The molecule has 0 aliphatic heterocycles. The van der Waals surface area contributed by atoms with Crippen molar-refractivity contribution in [3.63, 3.8) is 0 Å². The fraction of sp³-hybridized carbons (Fsp3) is 0.333. The van der Waals surface area contributed by atoms with Gasteiger partial charge in [-0.2, -0.15) is 0 Å². The minimum Gasteiger partial charge on any atom is -0.355 e. The number of hydrazine groups is 1. The predicted molar refractivity (Wildman–Crippen MR) is 96.2 cm³/mol. The highest BCUT2D eigenvalue weighted by Gasteiger charge is 2.09. The van der Waals surface area contributed by atoms with E-state index >= 15 is 0 Å². The van der Waals surface area contributed by atoms with Crippen molar-refractivity contribution in [3.05, 3.63) is 42.0 Å². The van der Waals surface area contributed by atoms with Gasteiger partial charge in [0.2, 0.25) is 0 Å². The van der Waals surface area contributed by atoms with E-state index in [0.717, 1.165) is 18.5 Å². The Morgan fingerprint density at radius 2 is 1.81 bits per heavy atom. The number of benzene rings is 1. The molecule has 0 radical (unpaired) electrons. The molecule has 0 spiro atoms. The number of thiocarbonyl (C=S) groups is 2. The van der Waals surface area contributed by atoms with Crippen LogP contribution < -0.4 is 21.5 Å². The van der Waals surface area contributed by atoms with E-state index in [1.165, 1.54) is 12.0 Å². The summed E-state index contributed by atoms with van der Waals surface area (Å²) in [6.45, 7) is 2.05. The molecule has 1 aromatic carbocycles. The van der Waals surface area contributed by atoms with Crippen molar-refractivity contribution in [2.45, 2.75) is 32.2 Å². The van der Waals surface area contributed by atoms with Crippen molar-refractivity contribution in [1.82, 2.24) is 16.2 Å². The van der Waals surface area contributed by atoms with Gasteiger partial charge in [-0.3, -0.25) is 10.9 Å². The molecule has 6 heteroatoms. The highest BCUT2D eigenvalue weighted by atomic mass is 32.1. The number of nitrogens with one attached hydrogen (secondary N) is 4. The van der Waals surface area contributed by atoms with Crippen LogP contribution >= 0.6 is 24.4 Å². The van der Waals surface area contributed by atoms with Crippen molar-refractivity contribution >= 4 is 40.3 Å². The van der Waals surface area contributed by atoms with Crippen LogP contribution in [0.3, 0.4) is 0 Å². The summed E-state index contributed by atoms with van der Waals surface area (Å²) in [5.41, 5.74) is 7.92. The fourth-order valence-corrected chi connectivity index (χ4v) is 2.42. The van der Waals surface area contributed by atoms with Crippen molar-refractivity contribution in [3.8, 4) is 0 Å². The van der Waals surface area contributed by atoms with Gasteiger partial charge in [0.1, 0.15) is 0 Å². The van der Waals surface area contributed by atoms with Gasteiger partial charge < -0.3 is 10.6 Å². The molecule has 0 saturated carbocycles. The molecular weight excluding hydrogens is 300 g/mol. The van der Waals surface area contributed by atoms with E-state index in [-0.39, 0.29) is 0 Å². The van der Waals surface area contributed by atoms with Crippen LogP contribution in [0.5, 0.6) is 0 Å². The second-order valence-electron chi connectivity index (χ2n) is 5.01. The third-order valence-electron chi connectivity index (χ3n) is 3.17. The molecule has 0 bridgehead atoms. The van der Waals surface area contributed by atoms with Crippen LogP contribution in [-0.4, -0.2) is 16.3 Å². The first-order valence-corrected chi connectivity index (χ1v) is 7.82. The molecule has 1 aromatic rings. The largest absolute Gasteiger partial charge is 0.355 e. The van der Waals surface area contributed by atoms with Crippen LogP contribution in [0, 0.1) is 6.92 Å². The Kier molecular flexibility index (Phi) is 5.95. The second-order valence-corrected chi connectivity index (χ2v) is 5.83. The van der Waals surface area contributed by atoms with Gasteiger partial charge in [-0.1, -0.05) is 29.8 Å². The molecule has 1 aliphatic carbocycles. The predicted octanol–water partition coefficient (Wildman–Crippen LogP) is 2.77. The third-order valence-corrected chi connectivity index (χ3v) is 3.59. The lowest BCUT2D eigenvalue weighted by Crippen LogP contribution is -2.50. The van der Waals surface area contributed by atoms with E-state index in [1.54, 1.807) is 0 Å². The summed E-state index contributed by atoms with van der Waals surface area (Å²) in [4.78, 5) is 0. The van der Waals surface area contributed by atoms with Crippen molar-refractivity contribution < 1.29 is 0 Å². The monoisotopic (exact) mass is 320 g/mol. The van der Waals surface area contributed by atoms with E-state index in [1.807, 2.05) is 31.2 Å². The van der Waals surface area contributed by atoms with Crippen LogP contribution in [0.15, 0.2) is 36.4 Å². The van der Waals surface area contributed by atoms with Gasteiger partial charge in [0.25, 0.3) is 0 Å². The smallest absolute Gasteiger partial charge is 0.189 e. The zero-order chi connectivity index (χ0) is 15.1. The van der Waals surface area contributed by atoms with E-state index < -0.39 is 0 Å². The lowest BCUT2D eigenvalue weighted by Gasteiger charge is -2.21. The van der Waals surface area contributed by atoms with Gasteiger partial charge >= 0.3 is 0 Å². The van der Waals surface area contributed by atoms with Gasteiger partial charge in [-0.15, -0.1) is 0 Å². The lowest BCUT2D eigenvalue weighted by atomic mass is 10.0. The number of rotatable bonds is 2. The summed E-state index contributed by atoms with van der Waals surface area (Å²) >= 11 is 10.4. The van der Waals surface area contributed by atoms with Crippen LogP contribution in [0.25, 0.3) is 0 Å². The molecule has 4 nitrogen and oxygen atoms in total. The zero-order valence-electron chi connectivity index (χ0n) is 12.0. The molecule has 2 rings (SSSR count). The van der Waals surface area contributed by atoms with E-state index in [9.17, 15) is 0 Å². The van der Waals surface area contributed by atoms with Crippen LogP contribution in [-0.2, 0) is 0 Å². The maximum Gasteiger partial charge on any atom is 0.189 e. The van der Waals surface area contributed by atoms with Crippen LogP contribution in [0.1, 0.15) is 24.8 Å². The molecule has 0 heterocycles. The average Bonchev–Trinajstić information content (AvgIpc) is 2.49. The Hall–Kier alpha value is -1.66. The van der Waals surface area contributed by atoms with Crippen LogP contribution in [0.4, 0.5) is 5.69 Å². The summed E-state index contributed by atoms with van der Waals surface area (Å²) in [6.07, 6.45) is 7.78. The van der Waals surface area contributed by atoms with Crippen LogP contribution in [0.2, 0.25) is 0 Å². The highest BCUT2D eigenvalue weighted by Crippen LogP contribution is 2.10. The van der Waals surface area contributed by atoms with E-state index in [4.69, 9.17) is 24.4 Å². The van der Waals surface area contributed by atoms with Gasteiger partial charge in [-0.05, 0) is 62.8 Å². The molecule has 1 atom stereocenters. The minimum atomic E-state index is 0.305. The Morgan fingerprint density at radius 3 is 2.48 bits per heavy atom. The minimum absolute atomic E-state index is 0.305. The summed E-state index contributed by atoms with van der Waals surface area (Å²) in [7, 11) is 0. The summed E-state index contributed by atoms with van der Waals surface area (Å²) in [5.74, 6) is 0. The van der Waals surface area contributed by atoms with Gasteiger partial charge in [-0.25, -0.2) is 0 Å². The summed E-state index contributed by atoms with van der Waals surface area (Å²) in [6, 6.07) is 8.32. The standard InChI is InChI=1S/C15H20N4S2/c1-11-7-9-13(10-8-11)17-15(21)19-18-14(20)16-12-5-3-2-4-6-12/h3,5,7-10,12H,2,4,6H2,1H3,(H2,16,18,20)(H2,17,19,21)/t12-/m1/s1. The average molecular weight is 320 g/mol. The topological polar surface area (TPSA) is 48.1 Å². The Morgan fingerprint density at radius 1 is 1.10 bits per heavy atom. The number of hydrogen-bond acceptors (Lipinski definition) is 2. The molecular formula is C15H20N4S2. The number of anilines is 1. The van der Waals surface area contributed by atoms with Crippen molar-refractivity contribution in [1.29, 1.82) is 0 Å². The van der Waals surface area contributed by atoms with Gasteiger partial charge in [0.15, 0.2) is 10.2 Å². The maximum absolute atomic E-state index is 5.23. The SMILES string of the molecule is Cc1ccc(NC(=S)NNC(=S)N[C@@H]2C=CCCC2)cc1. The normalized spacial score (nSPS) is 16.9. The first-order valence-electron chi connectivity index (χ1n) is 7.00. The summed E-state index contributed by atoms with van der Waals surface area (Å²) < 4.78 is 0. The first kappa shape index (κ1) is 15.7. The van der Waals surface area contributed by atoms with Crippen molar-refractivity contribution in [2.24, 2.45) is 0 Å². The van der Waals surface area contributed by atoms with Gasteiger partial charge in [0.05, 0.1) is 0 Å². The third kappa shape index (κ3) is 5.69. The van der Waals surface area contributed by atoms with Gasteiger partial charge in [0, 0.05) is 11.7 Å². The molecule has 0 aromatic heterocycles. The Bertz CT molecular complexity index is 525. The fourth-order valence-electron chi connectivity index (χ4n) is 2.05. The first-order chi connectivity index (χ1) is 10.1. The Balaban J connectivity index is 1.70.